The second-order valence-electron chi connectivity index (χ2n) is 7.27. The van der Waals surface area contributed by atoms with E-state index < -0.39 is 0 Å². The molecule has 1 heterocycles. The Kier molecular flexibility index (Phi) is 6.51. The second kappa shape index (κ2) is 7.94. The van der Waals surface area contributed by atoms with E-state index in [2.05, 4.69) is 31.1 Å². The molecule has 0 aromatic heterocycles. The lowest BCUT2D eigenvalue weighted by atomic mass is 9.66. The van der Waals surface area contributed by atoms with Crippen molar-refractivity contribution in [3.05, 3.63) is 0 Å². The average Bonchev–Trinajstić information content (AvgIpc) is 3.07. The van der Waals surface area contributed by atoms with Crippen LogP contribution in [0.15, 0.2) is 0 Å². The van der Waals surface area contributed by atoms with Gasteiger partial charge < -0.3 is 0 Å². The Balaban J connectivity index is 2.25. The molecule has 1 aliphatic heterocycles. The summed E-state index contributed by atoms with van der Waals surface area (Å²) in [6.07, 6.45) is 12.0. The first-order valence-electron chi connectivity index (χ1n) is 9.44. The van der Waals surface area contributed by atoms with Crippen molar-refractivity contribution >= 4 is 0 Å². The van der Waals surface area contributed by atoms with Crippen LogP contribution in [0.1, 0.15) is 78.6 Å². The van der Waals surface area contributed by atoms with Crippen molar-refractivity contribution in [3.63, 3.8) is 0 Å². The van der Waals surface area contributed by atoms with Crippen LogP contribution in [-0.4, -0.2) is 29.6 Å². The first-order valence-corrected chi connectivity index (χ1v) is 9.44. The SMILES string of the molecule is CCC1CCCCC1C(NN)C(CC)(CC)N1CCCC1. The number of nitrogens with one attached hydrogen (secondary N) is 1. The molecule has 1 saturated carbocycles. The van der Waals surface area contributed by atoms with Crippen molar-refractivity contribution in [2.75, 3.05) is 13.1 Å². The molecule has 3 unspecified atom stereocenters. The summed E-state index contributed by atoms with van der Waals surface area (Å²) in [5, 5.41) is 0. The van der Waals surface area contributed by atoms with Gasteiger partial charge in [-0.15, -0.1) is 0 Å². The van der Waals surface area contributed by atoms with Crippen LogP contribution in [0.25, 0.3) is 0 Å². The van der Waals surface area contributed by atoms with Gasteiger partial charge >= 0.3 is 0 Å². The maximum atomic E-state index is 6.15. The van der Waals surface area contributed by atoms with Gasteiger partial charge in [-0.2, -0.15) is 0 Å². The molecule has 1 aliphatic carbocycles. The summed E-state index contributed by atoms with van der Waals surface area (Å²) in [7, 11) is 0. The van der Waals surface area contributed by atoms with Gasteiger partial charge in [-0.05, 0) is 57.0 Å². The third-order valence-corrected chi connectivity index (χ3v) is 6.64. The number of nitrogens with zero attached hydrogens (tertiary/aromatic N) is 1. The Morgan fingerprint density at radius 1 is 1.05 bits per heavy atom. The predicted octanol–water partition coefficient (Wildman–Crippen LogP) is 3.69. The van der Waals surface area contributed by atoms with Gasteiger partial charge in [0.25, 0.3) is 0 Å². The maximum absolute atomic E-state index is 6.15. The Labute approximate surface area is 132 Å². The molecule has 2 fully saturated rings. The minimum atomic E-state index is 0.265. The van der Waals surface area contributed by atoms with E-state index in [4.69, 9.17) is 5.84 Å². The van der Waals surface area contributed by atoms with Gasteiger partial charge in [-0.1, -0.05) is 46.5 Å². The summed E-state index contributed by atoms with van der Waals surface area (Å²) < 4.78 is 0. The zero-order chi connectivity index (χ0) is 15.3. The average molecular weight is 296 g/mol. The minimum absolute atomic E-state index is 0.265. The molecule has 2 aliphatic rings. The standard InChI is InChI=1S/C18H37N3/c1-4-15-11-7-8-12-16(15)17(20-19)18(5-2,6-3)21-13-9-10-14-21/h15-17,20H,4-14,19H2,1-3H3. The summed E-state index contributed by atoms with van der Waals surface area (Å²) in [5.74, 6) is 7.77. The molecule has 3 atom stereocenters. The topological polar surface area (TPSA) is 41.3 Å². The van der Waals surface area contributed by atoms with Gasteiger partial charge in [0.2, 0.25) is 0 Å². The third kappa shape index (κ3) is 3.30. The quantitative estimate of drug-likeness (QED) is 0.556. The number of hydrogen-bond acceptors (Lipinski definition) is 3. The molecule has 2 rings (SSSR count). The van der Waals surface area contributed by atoms with Crippen LogP contribution in [0.4, 0.5) is 0 Å². The maximum Gasteiger partial charge on any atom is 0.0425 e. The first kappa shape index (κ1) is 17.2. The lowest BCUT2D eigenvalue weighted by Crippen LogP contribution is -2.65. The van der Waals surface area contributed by atoms with Crippen molar-refractivity contribution in [2.45, 2.75) is 90.1 Å². The normalized spacial score (nSPS) is 29.7. The predicted molar refractivity (Wildman–Crippen MR) is 91.0 cm³/mol. The third-order valence-electron chi connectivity index (χ3n) is 6.64. The van der Waals surface area contributed by atoms with Crippen LogP contribution in [0.5, 0.6) is 0 Å². The molecular formula is C18H37N3. The molecule has 3 heteroatoms. The zero-order valence-corrected chi connectivity index (χ0v) is 14.5. The van der Waals surface area contributed by atoms with Crippen LogP contribution in [0.3, 0.4) is 0 Å². The van der Waals surface area contributed by atoms with E-state index in [0.29, 0.717) is 6.04 Å². The van der Waals surface area contributed by atoms with Crippen molar-refractivity contribution in [2.24, 2.45) is 17.7 Å². The fourth-order valence-electron chi connectivity index (χ4n) is 5.36. The van der Waals surface area contributed by atoms with Gasteiger partial charge in [0.05, 0.1) is 0 Å². The number of nitrogens with two attached hydrogens (primary N) is 1. The van der Waals surface area contributed by atoms with E-state index in [1.54, 1.807) is 0 Å². The van der Waals surface area contributed by atoms with Crippen LogP contribution < -0.4 is 11.3 Å². The molecule has 124 valence electrons. The van der Waals surface area contributed by atoms with Crippen LogP contribution in [0.2, 0.25) is 0 Å². The van der Waals surface area contributed by atoms with E-state index in [1.807, 2.05) is 0 Å². The van der Waals surface area contributed by atoms with E-state index in [1.165, 1.54) is 70.9 Å². The van der Waals surface area contributed by atoms with Gasteiger partial charge in [-0.25, -0.2) is 0 Å². The van der Waals surface area contributed by atoms with Gasteiger partial charge in [-0.3, -0.25) is 16.2 Å². The molecule has 3 nitrogen and oxygen atoms in total. The zero-order valence-electron chi connectivity index (χ0n) is 14.5. The van der Waals surface area contributed by atoms with E-state index >= 15 is 0 Å². The summed E-state index contributed by atoms with van der Waals surface area (Å²) in [5.41, 5.74) is 3.58. The van der Waals surface area contributed by atoms with Crippen LogP contribution in [0, 0.1) is 11.8 Å². The summed E-state index contributed by atoms with van der Waals surface area (Å²) >= 11 is 0. The van der Waals surface area contributed by atoms with Crippen molar-refractivity contribution in [1.29, 1.82) is 0 Å². The van der Waals surface area contributed by atoms with Crippen molar-refractivity contribution in [3.8, 4) is 0 Å². The molecule has 0 radical (unpaired) electrons. The number of hydrogen-bond donors (Lipinski definition) is 2. The van der Waals surface area contributed by atoms with Crippen molar-refractivity contribution in [1.82, 2.24) is 10.3 Å². The molecule has 0 aromatic carbocycles. The van der Waals surface area contributed by atoms with E-state index in [9.17, 15) is 0 Å². The largest absolute Gasteiger partial charge is 0.296 e. The van der Waals surface area contributed by atoms with Gasteiger partial charge in [0, 0.05) is 11.6 Å². The fraction of sp³-hybridized carbons (Fsp3) is 1.00. The smallest absolute Gasteiger partial charge is 0.0425 e. The molecule has 1 saturated heterocycles. The number of likely N-dealkylation sites (tertiary alicyclic amines) is 1. The van der Waals surface area contributed by atoms with Crippen molar-refractivity contribution < 1.29 is 0 Å². The lowest BCUT2D eigenvalue weighted by Gasteiger charge is -2.51. The molecular weight excluding hydrogens is 258 g/mol. The highest BCUT2D eigenvalue weighted by Crippen LogP contribution is 2.42. The minimum Gasteiger partial charge on any atom is -0.296 e. The first-order chi connectivity index (χ1) is 10.2. The fourth-order valence-corrected chi connectivity index (χ4v) is 5.36. The highest BCUT2D eigenvalue weighted by atomic mass is 15.3. The highest BCUT2D eigenvalue weighted by molar-refractivity contribution is 5.04. The molecule has 3 N–H and O–H groups in total. The molecule has 21 heavy (non-hydrogen) atoms. The number of rotatable bonds is 7. The molecule has 0 spiro atoms. The van der Waals surface area contributed by atoms with E-state index in [0.717, 1.165) is 11.8 Å². The Morgan fingerprint density at radius 2 is 1.67 bits per heavy atom. The van der Waals surface area contributed by atoms with Gasteiger partial charge in [0.15, 0.2) is 0 Å². The Morgan fingerprint density at radius 3 is 2.19 bits per heavy atom. The summed E-state index contributed by atoms with van der Waals surface area (Å²) in [6, 6.07) is 0.454. The van der Waals surface area contributed by atoms with Gasteiger partial charge in [0.1, 0.15) is 0 Å². The summed E-state index contributed by atoms with van der Waals surface area (Å²) in [4.78, 5) is 2.76. The van der Waals surface area contributed by atoms with E-state index in [-0.39, 0.29) is 5.54 Å². The van der Waals surface area contributed by atoms with Crippen LogP contribution >= 0.6 is 0 Å². The second-order valence-corrected chi connectivity index (χ2v) is 7.27. The Bertz CT molecular complexity index is 295. The highest BCUT2D eigenvalue weighted by Gasteiger charge is 2.46. The molecule has 0 aromatic rings. The number of hydrazine groups is 1. The van der Waals surface area contributed by atoms with Crippen LogP contribution in [-0.2, 0) is 0 Å². The monoisotopic (exact) mass is 295 g/mol. The molecule has 0 bridgehead atoms. The molecule has 0 amide bonds. The Hall–Kier alpha value is -0.120. The lowest BCUT2D eigenvalue weighted by molar-refractivity contribution is 0.0109. The summed E-state index contributed by atoms with van der Waals surface area (Å²) in [6.45, 7) is 9.64.